The molecular weight excluding hydrogens is 380 g/mol. The lowest BCUT2D eigenvalue weighted by Gasteiger charge is -2.61. The SMILES string of the molecule is CCC(CCC(C)C1CCC2C3C=C[C@@]4(O)CC(O)CC[C@]4(C)C3CC[C@]12C)C(C)C. The van der Waals surface area contributed by atoms with Gasteiger partial charge in [0.2, 0.25) is 0 Å². The number of hydrogen-bond donors (Lipinski definition) is 2. The van der Waals surface area contributed by atoms with Crippen molar-refractivity contribution in [1.29, 1.82) is 0 Å². The third-order valence-electron chi connectivity index (χ3n) is 11.5. The molecule has 7 unspecified atom stereocenters. The van der Waals surface area contributed by atoms with Crippen LogP contribution in [-0.2, 0) is 0 Å². The van der Waals surface area contributed by atoms with Gasteiger partial charge in [0, 0.05) is 11.8 Å². The zero-order valence-corrected chi connectivity index (χ0v) is 21.2. The first-order chi connectivity index (χ1) is 14.6. The van der Waals surface area contributed by atoms with E-state index in [1.165, 1.54) is 44.9 Å². The number of hydrogen-bond acceptors (Lipinski definition) is 2. The Hall–Kier alpha value is -0.340. The van der Waals surface area contributed by atoms with Crippen LogP contribution in [0.15, 0.2) is 12.2 Å². The lowest BCUT2D eigenvalue weighted by molar-refractivity contribution is -0.167. The van der Waals surface area contributed by atoms with Gasteiger partial charge in [-0.05, 0) is 91.8 Å². The summed E-state index contributed by atoms with van der Waals surface area (Å²) >= 11 is 0. The summed E-state index contributed by atoms with van der Waals surface area (Å²) in [5, 5.41) is 21.8. The van der Waals surface area contributed by atoms with E-state index in [0.717, 1.165) is 42.4 Å². The van der Waals surface area contributed by atoms with Gasteiger partial charge in [0.25, 0.3) is 0 Å². The molecule has 2 heteroatoms. The molecular formula is C29H50O2. The zero-order valence-electron chi connectivity index (χ0n) is 21.2. The van der Waals surface area contributed by atoms with Crippen molar-refractivity contribution in [2.75, 3.05) is 0 Å². The van der Waals surface area contributed by atoms with Crippen molar-refractivity contribution in [2.45, 2.75) is 117 Å². The summed E-state index contributed by atoms with van der Waals surface area (Å²) in [7, 11) is 0. The molecule has 0 aromatic heterocycles. The van der Waals surface area contributed by atoms with Crippen molar-refractivity contribution >= 4 is 0 Å². The molecule has 0 aromatic carbocycles. The Labute approximate surface area is 192 Å². The van der Waals surface area contributed by atoms with Crippen molar-refractivity contribution in [3.8, 4) is 0 Å². The molecule has 3 saturated carbocycles. The molecule has 31 heavy (non-hydrogen) atoms. The Balaban J connectivity index is 1.51. The van der Waals surface area contributed by atoms with Gasteiger partial charge >= 0.3 is 0 Å². The molecule has 0 aromatic rings. The Kier molecular flexibility index (Phi) is 6.50. The highest BCUT2D eigenvalue weighted by Gasteiger charge is 2.63. The summed E-state index contributed by atoms with van der Waals surface area (Å²) in [5.41, 5.74) is -0.413. The molecule has 4 rings (SSSR count). The van der Waals surface area contributed by atoms with Gasteiger partial charge in [-0.1, -0.05) is 66.5 Å². The van der Waals surface area contributed by atoms with E-state index in [9.17, 15) is 10.2 Å². The Morgan fingerprint density at radius 3 is 2.39 bits per heavy atom. The lowest BCUT2D eigenvalue weighted by Crippen LogP contribution is -2.60. The van der Waals surface area contributed by atoms with Crippen molar-refractivity contribution in [2.24, 2.45) is 52.3 Å². The Bertz CT molecular complexity index is 670. The summed E-state index contributed by atoms with van der Waals surface area (Å²) in [4.78, 5) is 0. The minimum Gasteiger partial charge on any atom is -0.393 e. The molecule has 3 fully saturated rings. The van der Waals surface area contributed by atoms with E-state index in [1.807, 2.05) is 0 Å². The van der Waals surface area contributed by atoms with Gasteiger partial charge in [0.05, 0.1) is 11.7 Å². The second-order valence-electron chi connectivity index (χ2n) is 13.1. The van der Waals surface area contributed by atoms with Crippen molar-refractivity contribution in [3.63, 3.8) is 0 Å². The van der Waals surface area contributed by atoms with Crippen LogP contribution in [0.4, 0.5) is 0 Å². The number of aliphatic hydroxyl groups excluding tert-OH is 1. The van der Waals surface area contributed by atoms with E-state index in [4.69, 9.17) is 0 Å². The number of rotatable bonds is 6. The van der Waals surface area contributed by atoms with Gasteiger partial charge in [0.1, 0.15) is 0 Å². The monoisotopic (exact) mass is 430 g/mol. The minimum atomic E-state index is -0.809. The third kappa shape index (κ3) is 3.76. The van der Waals surface area contributed by atoms with Crippen LogP contribution < -0.4 is 0 Å². The average Bonchev–Trinajstić information content (AvgIpc) is 3.06. The van der Waals surface area contributed by atoms with E-state index in [0.29, 0.717) is 23.7 Å². The fraction of sp³-hybridized carbons (Fsp3) is 0.931. The van der Waals surface area contributed by atoms with E-state index in [2.05, 4.69) is 53.7 Å². The van der Waals surface area contributed by atoms with Crippen LogP contribution in [0.25, 0.3) is 0 Å². The summed E-state index contributed by atoms with van der Waals surface area (Å²) in [6.45, 7) is 14.7. The van der Waals surface area contributed by atoms with Crippen LogP contribution in [0.1, 0.15) is 106 Å². The first-order valence-corrected chi connectivity index (χ1v) is 13.7. The fourth-order valence-electron chi connectivity index (χ4n) is 9.28. The molecule has 178 valence electrons. The summed E-state index contributed by atoms with van der Waals surface area (Å²) in [6, 6.07) is 0. The normalized spacial score (nSPS) is 48.7. The molecule has 0 amide bonds. The van der Waals surface area contributed by atoms with Crippen LogP contribution in [0, 0.1) is 52.3 Å². The van der Waals surface area contributed by atoms with E-state index in [-0.39, 0.29) is 11.5 Å². The van der Waals surface area contributed by atoms with Crippen LogP contribution >= 0.6 is 0 Å². The molecule has 4 aliphatic rings. The highest BCUT2D eigenvalue weighted by molar-refractivity contribution is 5.24. The molecule has 2 nitrogen and oxygen atoms in total. The largest absolute Gasteiger partial charge is 0.393 e. The zero-order chi connectivity index (χ0) is 22.6. The van der Waals surface area contributed by atoms with Crippen molar-refractivity contribution < 1.29 is 10.2 Å². The maximum Gasteiger partial charge on any atom is 0.0908 e. The summed E-state index contributed by atoms with van der Waals surface area (Å²) in [6.07, 6.45) is 16.0. The molecule has 0 bridgehead atoms. The molecule has 0 saturated heterocycles. The molecule has 0 aliphatic heterocycles. The van der Waals surface area contributed by atoms with E-state index < -0.39 is 5.60 Å². The number of aliphatic hydroxyl groups is 2. The molecule has 0 radical (unpaired) electrons. The van der Waals surface area contributed by atoms with Crippen molar-refractivity contribution in [1.82, 2.24) is 0 Å². The number of fused-ring (bicyclic) bond motifs is 5. The van der Waals surface area contributed by atoms with Gasteiger partial charge in [0.15, 0.2) is 0 Å². The van der Waals surface area contributed by atoms with Crippen LogP contribution in [0.2, 0.25) is 0 Å². The van der Waals surface area contributed by atoms with Crippen LogP contribution in [0.3, 0.4) is 0 Å². The maximum absolute atomic E-state index is 11.5. The molecule has 0 heterocycles. The second kappa shape index (κ2) is 8.46. The van der Waals surface area contributed by atoms with Gasteiger partial charge in [-0.15, -0.1) is 0 Å². The quantitative estimate of drug-likeness (QED) is 0.446. The standard InChI is InChI=1S/C29H50O2/c1-7-21(19(2)3)9-8-20(4)24-10-11-25-23-13-17-29(31)18-22(30)12-16-28(29,6)26(23)14-15-27(24,25)5/h13,17,19-26,30-31H,7-12,14-16,18H2,1-6H3/t20?,21?,22?,23?,24?,25?,26?,27-,28-,29-/m1/s1. The topological polar surface area (TPSA) is 40.5 Å². The minimum absolute atomic E-state index is 0.0672. The highest BCUT2D eigenvalue weighted by Crippen LogP contribution is 2.67. The molecule has 10 atom stereocenters. The fourth-order valence-corrected chi connectivity index (χ4v) is 9.28. The first-order valence-electron chi connectivity index (χ1n) is 13.7. The van der Waals surface area contributed by atoms with Crippen LogP contribution in [0.5, 0.6) is 0 Å². The Morgan fingerprint density at radius 2 is 1.71 bits per heavy atom. The van der Waals surface area contributed by atoms with Gasteiger partial charge < -0.3 is 10.2 Å². The molecule has 2 N–H and O–H groups in total. The third-order valence-corrected chi connectivity index (χ3v) is 11.5. The predicted octanol–water partition coefficient (Wildman–Crippen LogP) is 7.00. The van der Waals surface area contributed by atoms with E-state index in [1.54, 1.807) is 0 Å². The highest BCUT2D eigenvalue weighted by atomic mass is 16.3. The summed E-state index contributed by atoms with van der Waals surface area (Å²) in [5.74, 6) is 5.34. The van der Waals surface area contributed by atoms with Crippen molar-refractivity contribution in [3.05, 3.63) is 12.2 Å². The number of allylic oxidation sites excluding steroid dienone is 1. The van der Waals surface area contributed by atoms with Gasteiger partial charge in [-0.25, -0.2) is 0 Å². The predicted molar refractivity (Wildman–Crippen MR) is 130 cm³/mol. The van der Waals surface area contributed by atoms with Gasteiger partial charge in [-0.3, -0.25) is 0 Å². The molecule has 0 spiro atoms. The summed E-state index contributed by atoms with van der Waals surface area (Å²) < 4.78 is 0. The van der Waals surface area contributed by atoms with E-state index >= 15 is 0 Å². The van der Waals surface area contributed by atoms with Gasteiger partial charge in [-0.2, -0.15) is 0 Å². The maximum atomic E-state index is 11.5. The van der Waals surface area contributed by atoms with Crippen LogP contribution in [-0.4, -0.2) is 21.9 Å². The Morgan fingerprint density at radius 1 is 0.968 bits per heavy atom. The first kappa shape index (κ1) is 23.8. The smallest absolute Gasteiger partial charge is 0.0908 e. The second-order valence-corrected chi connectivity index (χ2v) is 13.1. The average molecular weight is 431 g/mol. The molecule has 4 aliphatic carbocycles. The lowest BCUT2D eigenvalue weighted by atomic mass is 9.45.